The molecule has 5 atom stereocenters. The molecule has 3 aromatic rings. The second-order valence-corrected chi connectivity index (χ2v) is 17.9. The van der Waals surface area contributed by atoms with E-state index in [0.717, 1.165) is 67.5 Å². The number of carbonyl (C=O) groups excluding carboxylic acids is 1. The van der Waals surface area contributed by atoms with Crippen molar-refractivity contribution in [3.05, 3.63) is 123 Å². The van der Waals surface area contributed by atoms with Crippen molar-refractivity contribution in [2.45, 2.75) is 84.7 Å². The molecule has 1 saturated heterocycles. The summed E-state index contributed by atoms with van der Waals surface area (Å²) in [7, 11) is -3.20. The molecule has 1 spiro atoms. The van der Waals surface area contributed by atoms with Gasteiger partial charge in [-0.2, -0.15) is 40.5 Å². The number of allylic oxidation sites excluding steroid dienone is 4. The zero-order chi connectivity index (χ0) is 31.8. The predicted molar refractivity (Wildman–Crippen MR) is 233 cm³/mol. The van der Waals surface area contributed by atoms with Gasteiger partial charge in [0.15, 0.2) is 12.9 Å². The van der Waals surface area contributed by atoms with E-state index in [1.807, 2.05) is 30.3 Å². The molecule has 5 aliphatic rings. The average Bonchev–Trinajstić information content (AvgIpc) is 3.59. The van der Waals surface area contributed by atoms with Gasteiger partial charge in [-0.15, -0.1) is 0 Å². The molecule has 0 amide bonds. The van der Waals surface area contributed by atoms with Gasteiger partial charge >= 0.3 is 0 Å². The predicted octanol–water partition coefficient (Wildman–Crippen LogP) is 10.9. The summed E-state index contributed by atoms with van der Waals surface area (Å²) in [4.78, 5) is 12.5. The van der Waals surface area contributed by atoms with E-state index in [0.29, 0.717) is 28.3 Å². The van der Waals surface area contributed by atoms with E-state index in [4.69, 9.17) is 27.9 Å². The van der Waals surface area contributed by atoms with Crippen molar-refractivity contribution >= 4 is 92.5 Å². The second kappa shape index (κ2) is 16.4. The molecular formula is C42H53Cl2O3PS3. The van der Waals surface area contributed by atoms with Crippen LogP contribution in [0.2, 0.25) is 10.0 Å². The third-order valence-corrected chi connectivity index (χ3v) is 15.8. The fourth-order valence-electron chi connectivity index (χ4n) is 10.1. The second-order valence-electron chi connectivity index (χ2n) is 14.2. The van der Waals surface area contributed by atoms with Crippen molar-refractivity contribution in [2.75, 3.05) is 6.61 Å². The maximum atomic E-state index is 15.2. The Hall–Kier alpha value is -1.63. The lowest BCUT2D eigenvalue weighted by Gasteiger charge is -2.55. The number of halogens is 2. The van der Waals surface area contributed by atoms with Crippen LogP contribution in [0.4, 0.5) is 0 Å². The van der Waals surface area contributed by atoms with E-state index in [9.17, 15) is 4.79 Å². The van der Waals surface area contributed by atoms with Gasteiger partial charge in [0, 0.05) is 43.7 Å². The molecule has 0 N–H and O–H groups in total. The Balaban J connectivity index is 0.00000140. The van der Waals surface area contributed by atoms with E-state index >= 15 is 4.57 Å². The molecule has 8 rings (SSSR count). The van der Waals surface area contributed by atoms with Crippen molar-refractivity contribution in [3.63, 3.8) is 0 Å². The van der Waals surface area contributed by atoms with Gasteiger partial charge < -0.3 is 9.30 Å². The Kier molecular flexibility index (Phi) is 14.1. The van der Waals surface area contributed by atoms with E-state index in [1.54, 1.807) is 29.8 Å². The molecule has 0 radical (unpaired) electrons. The Bertz CT molecular complexity index is 1820. The lowest BCUT2D eigenvalue weighted by molar-refractivity contribution is -0.114. The first kappa shape index (κ1) is 43.8. The van der Waals surface area contributed by atoms with Crippen molar-refractivity contribution in [2.24, 2.45) is 17.3 Å². The standard InChI is InChI=1S/C40H39Cl2O3P.2CH4.3H2S/c1-25-20-22-45-40(25)21-19-37-35-17-5-27-23-30(43)10-18-34(27)38(35)36(24-39(37,40)2)26-3-11-31(12-4-26)46(44,32-13-6-28(41)7-14-32)33-15-8-29(42)9-16-33;;;;;/h3-4,6-9,11-16,23,35-37H,1,5,10,17-22,24H2,2H3;2*1H4;3*1H2/t35-,36+,37-,39-,40+;;;;;/m0...../s1. The fourth-order valence-corrected chi connectivity index (χ4v) is 12.9. The monoisotopic (exact) mass is 802 g/mol. The molecule has 1 aliphatic heterocycles. The zero-order valence-corrected chi connectivity index (χ0v) is 33.1. The van der Waals surface area contributed by atoms with Crippen LogP contribution in [-0.2, 0) is 14.1 Å². The molecule has 1 heterocycles. The molecule has 3 aromatic carbocycles. The average molecular weight is 804 g/mol. The number of rotatable bonds is 4. The number of benzene rings is 3. The number of fused-ring (bicyclic) bond motifs is 5. The van der Waals surface area contributed by atoms with Crippen LogP contribution >= 0.6 is 70.8 Å². The number of hydrogen-bond donors (Lipinski definition) is 0. The van der Waals surface area contributed by atoms with Gasteiger partial charge in [-0.3, -0.25) is 4.79 Å². The summed E-state index contributed by atoms with van der Waals surface area (Å²) in [6, 6.07) is 23.3. The first-order chi connectivity index (χ1) is 22.1. The van der Waals surface area contributed by atoms with Gasteiger partial charge in [-0.05, 0) is 134 Å². The molecule has 2 saturated carbocycles. The van der Waals surface area contributed by atoms with Crippen LogP contribution in [0, 0.1) is 17.3 Å². The van der Waals surface area contributed by atoms with Gasteiger partial charge in [0.1, 0.15) is 0 Å². The summed E-state index contributed by atoms with van der Waals surface area (Å²) in [6.45, 7) is 7.82. The number of hydrogen-bond acceptors (Lipinski definition) is 3. The number of carbonyl (C=O) groups is 1. The molecule has 0 bridgehead atoms. The molecule has 4 aliphatic carbocycles. The van der Waals surface area contributed by atoms with Crippen LogP contribution < -0.4 is 15.9 Å². The minimum absolute atomic E-state index is 0. The molecule has 0 aromatic heterocycles. The number of ether oxygens (including phenoxy) is 1. The maximum absolute atomic E-state index is 15.2. The Morgan fingerprint density at radius 3 is 1.86 bits per heavy atom. The third-order valence-electron chi connectivity index (χ3n) is 12.2. The van der Waals surface area contributed by atoms with Crippen LogP contribution in [0.15, 0.2) is 108 Å². The first-order valence-corrected chi connectivity index (χ1v) is 19.1. The van der Waals surface area contributed by atoms with Gasteiger partial charge in [0.25, 0.3) is 0 Å². The highest BCUT2D eigenvalue weighted by Crippen LogP contribution is 2.70. The molecule has 51 heavy (non-hydrogen) atoms. The summed E-state index contributed by atoms with van der Waals surface area (Å²) in [5.41, 5.74) is 6.49. The highest BCUT2D eigenvalue weighted by molar-refractivity contribution is 7.85. The summed E-state index contributed by atoms with van der Waals surface area (Å²) < 4.78 is 21.9. The molecule has 276 valence electrons. The topological polar surface area (TPSA) is 43.4 Å². The Morgan fingerprint density at radius 1 is 0.784 bits per heavy atom. The maximum Gasteiger partial charge on any atom is 0.171 e. The van der Waals surface area contributed by atoms with Crippen LogP contribution in [0.1, 0.15) is 84.6 Å². The zero-order valence-electron chi connectivity index (χ0n) is 27.7. The fraction of sp³-hybridized carbons (Fsp3) is 0.405. The normalized spacial score (nSPS) is 27.7. The van der Waals surface area contributed by atoms with Gasteiger partial charge in [-0.25, -0.2) is 0 Å². The van der Waals surface area contributed by atoms with Gasteiger partial charge in [0.2, 0.25) is 0 Å². The van der Waals surface area contributed by atoms with Crippen molar-refractivity contribution < 1.29 is 14.1 Å². The van der Waals surface area contributed by atoms with Crippen LogP contribution in [0.25, 0.3) is 0 Å². The van der Waals surface area contributed by atoms with Crippen LogP contribution in [0.5, 0.6) is 0 Å². The largest absolute Gasteiger partial charge is 0.370 e. The van der Waals surface area contributed by atoms with Gasteiger partial charge in [0.05, 0.1) is 12.2 Å². The summed E-state index contributed by atoms with van der Waals surface area (Å²) >= 11 is 12.5. The quantitative estimate of drug-likeness (QED) is 0.195. The third kappa shape index (κ3) is 6.83. The molecular weight excluding hydrogens is 751 g/mol. The SMILES string of the molecule is C.C.C=C1CCO[C@]12CC[C@H]1[C@@H]3CCC4=CC(=O)CCC4=C3[C@@H](c3ccc(P(=O)(c4ccc(Cl)cc4)c4ccc(Cl)cc4)cc3)C[C@@]12C.S.S.S. The van der Waals surface area contributed by atoms with E-state index in [2.05, 4.69) is 37.8 Å². The lowest BCUT2D eigenvalue weighted by atomic mass is 9.50. The van der Waals surface area contributed by atoms with E-state index in [1.165, 1.54) is 22.3 Å². The minimum atomic E-state index is -3.20. The smallest absolute Gasteiger partial charge is 0.171 e. The molecule has 3 nitrogen and oxygen atoms in total. The highest BCUT2D eigenvalue weighted by atomic mass is 35.5. The summed E-state index contributed by atoms with van der Waals surface area (Å²) in [6.07, 6.45) is 9.56. The van der Waals surface area contributed by atoms with Crippen molar-refractivity contribution in [1.82, 2.24) is 0 Å². The van der Waals surface area contributed by atoms with E-state index in [-0.39, 0.29) is 78.1 Å². The minimum Gasteiger partial charge on any atom is -0.370 e. The van der Waals surface area contributed by atoms with Crippen LogP contribution in [-0.4, -0.2) is 18.0 Å². The summed E-state index contributed by atoms with van der Waals surface area (Å²) in [5, 5.41) is 3.48. The van der Waals surface area contributed by atoms with Crippen molar-refractivity contribution in [3.8, 4) is 0 Å². The van der Waals surface area contributed by atoms with E-state index < -0.39 is 7.14 Å². The number of ketones is 1. The van der Waals surface area contributed by atoms with Crippen molar-refractivity contribution in [1.29, 1.82) is 0 Å². The Morgan fingerprint density at radius 2 is 1.33 bits per heavy atom. The first-order valence-electron chi connectivity index (χ1n) is 16.7. The highest BCUT2D eigenvalue weighted by Gasteiger charge is 2.66. The van der Waals surface area contributed by atoms with Gasteiger partial charge in [-0.1, -0.05) is 81.4 Å². The summed E-state index contributed by atoms with van der Waals surface area (Å²) in [5.74, 6) is 1.46. The molecule has 0 unspecified atom stereocenters. The Labute approximate surface area is 336 Å². The molecule has 3 fully saturated rings. The lowest BCUT2D eigenvalue weighted by Crippen LogP contribution is -2.52. The molecule has 9 heteroatoms. The van der Waals surface area contributed by atoms with Crippen LogP contribution in [0.3, 0.4) is 0 Å².